The average Bonchev–Trinajstić information content (AvgIpc) is 2.20. The third-order valence-electron chi connectivity index (χ3n) is 2.02. The number of para-hydroxylation sites is 2. The zero-order valence-corrected chi connectivity index (χ0v) is 7.54. The number of rotatable bonds is 1. The van der Waals surface area contributed by atoms with Crippen LogP contribution in [0, 0.1) is 0 Å². The maximum absolute atomic E-state index is 9.57. The van der Waals surface area contributed by atoms with E-state index in [0.717, 1.165) is 5.69 Å². The number of aliphatic imine (C=N–C) groups is 1. The molecule has 1 aromatic carbocycles. The molecule has 0 fully saturated rings. The molecule has 14 heavy (non-hydrogen) atoms. The Bertz CT molecular complexity index is 387. The van der Waals surface area contributed by atoms with Crippen molar-refractivity contribution < 1.29 is 5.11 Å². The molecule has 3 N–H and O–H groups in total. The summed E-state index contributed by atoms with van der Waals surface area (Å²) < 4.78 is 0. The van der Waals surface area contributed by atoms with Crippen LogP contribution in [0.4, 0.5) is 11.4 Å². The molecule has 1 aliphatic heterocycles. The van der Waals surface area contributed by atoms with Crippen molar-refractivity contribution in [3.05, 3.63) is 36.5 Å². The van der Waals surface area contributed by atoms with Crippen molar-refractivity contribution in [2.24, 2.45) is 4.99 Å². The third kappa shape index (κ3) is 1.47. The Balaban J connectivity index is 2.36. The lowest BCUT2D eigenvalue weighted by molar-refractivity contribution is 0.189. The van der Waals surface area contributed by atoms with E-state index < -0.39 is 6.35 Å². The molecule has 1 unspecified atom stereocenters. The standard InChI is InChI=1S/C10H11N3O/c11-8-4-1-2-5-9(8)13-7-3-6-12-10(13)14/h1-7,10,14H,11H2. The van der Waals surface area contributed by atoms with Gasteiger partial charge in [-0.15, -0.1) is 0 Å². The Morgan fingerprint density at radius 2 is 2.14 bits per heavy atom. The zero-order valence-electron chi connectivity index (χ0n) is 7.54. The summed E-state index contributed by atoms with van der Waals surface area (Å²) in [5.41, 5.74) is 7.15. The third-order valence-corrected chi connectivity index (χ3v) is 2.02. The summed E-state index contributed by atoms with van der Waals surface area (Å²) in [5, 5.41) is 9.57. The molecule has 0 aliphatic carbocycles. The van der Waals surface area contributed by atoms with Crippen LogP contribution in [0.15, 0.2) is 41.5 Å². The monoisotopic (exact) mass is 189 g/mol. The van der Waals surface area contributed by atoms with E-state index in [1.54, 1.807) is 29.5 Å². The number of nitrogen functional groups attached to an aromatic ring is 1. The van der Waals surface area contributed by atoms with Gasteiger partial charge in [0.2, 0.25) is 6.35 Å². The van der Waals surface area contributed by atoms with Crippen molar-refractivity contribution >= 4 is 17.6 Å². The number of anilines is 2. The van der Waals surface area contributed by atoms with Crippen LogP contribution < -0.4 is 10.6 Å². The second kappa shape index (κ2) is 3.51. The molecule has 0 radical (unpaired) electrons. The van der Waals surface area contributed by atoms with E-state index in [1.165, 1.54) is 0 Å². The SMILES string of the molecule is Nc1ccccc1N1C=CC=NC1O. The molecule has 4 nitrogen and oxygen atoms in total. The lowest BCUT2D eigenvalue weighted by Gasteiger charge is -2.26. The highest BCUT2D eigenvalue weighted by atomic mass is 16.3. The molecule has 0 saturated heterocycles. The van der Waals surface area contributed by atoms with Crippen LogP contribution in [0.1, 0.15) is 0 Å². The van der Waals surface area contributed by atoms with Crippen LogP contribution in [0.5, 0.6) is 0 Å². The van der Waals surface area contributed by atoms with Gasteiger partial charge >= 0.3 is 0 Å². The van der Waals surface area contributed by atoms with Crippen LogP contribution >= 0.6 is 0 Å². The van der Waals surface area contributed by atoms with Gasteiger partial charge in [0.15, 0.2) is 0 Å². The molecule has 0 saturated carbocycles. The van der Waals surface area contributed by atoms with Gasteiger partial charge < -0.3 is 15.7 Å². The van der Waals surface area contributed by atoms with Crippen LogP contribution in [0.25, 0.3) is 0 Å². The number of hydrogen-bond acceptors (Lipinski definition) is 4. The molecule has 2 rings (SSSR count). The van der Waals surface area contributed by atoms with Gasteiger partial charge in [-0.1, -0.05) is 12.1 Å². The summed E-state index contributed by atoms with van der Waals surface area (Å²) in [5.74, 6) is 0. The Labute approximate surface area is 82.0 Å². The van der Waals surface area contributed by atoms with Gasteiger partial charge in [0, 0.05) is 12.4 Å². The fourth-order valence-corrected chi connectivity index (χ4v) is 1.33. The molecule has 1 aromatic rings. The van der Waals surface area contributed by atoms with Crippen molar-refractivity contribution in [1.29, 1.82) is 0 Å². The zero-order chi connectivity index (χ0) is 9.97. The highest BCUT2D eigenvalue weighted by Gasteiger charge is 2.15. The van der Waals surface area contributed by atoms with Gasteiger partial charge in [-0.25, -0.2) is 4.99 Å². The summed E-state index contributed by atoms with van der Waals surface area (Å²) in [4.78, 5) is 5.45. The molecule has 0 aromatic heterocycles. The smallest absolute Gasteiger partial charge is 0.229 e. The van der Waals surface area contributed by atoms with Gasteiger partial charge in [-0.05, 0) is 18.2 Å². The van der Waals surface area contributed by atoms with E-state index in [-0.39, 0.29) is 0 Å². The minimum Gasteiger partial charge on any atom is -0.397 e. The summed E-state index contributed by atoms with van der Waals surface area (Å²) in [6, 6.07) is 7.34. The molecular formula is C10H11N3O. The fraction of sp³-hybridized carbons (Fsp3) is 0.100. The maximum atomic E-state index is 9.57. The molecule has 1 heterocycles. The predicted molar refractivity (Wildman–Crippen MR) is 57.0 cm³/mol. The number of hydrogen-bond donors (Lipinski definition) is 2. The molecule has 0 spiro atoms. The fourth-order valence-electron chi connectivity index (χ4n) is 1.33. The minimum atomic E-state index is -0.885. The van der Waals surface area contributed by atoms with Gasteiger partial charge in [0.05, 0.1) is 11.4 Å². The summed E-state index contributed by atoms with van der Waals surface area (Å²) in [6.45, 7) is 0. The van der Waals surface area contributed by atoms with Crippen LogP contribution in [0.2, 0.25) is 0 Å². The molecule has 4 heteroatoms. The maximum Gasteiger partial charge on any atom is 0.229 e. The van der Waals surface area contributed by atoms with E-state index >= 15 is 0 Å². The summed E-state index contributed by atoms with van der Waals surface area (Å²) in [7, 11) is 0. The van der Waals surface area contributed by atoms with Gasteiger partial charge in [0.1, 0.15) is 0 Å². The summed E-state index contributed by atoms with van der Waals surface area (Å²) in [6.07, 6.45) is 4.16. The predicted octanol–water partition coefficient (Wildman–Crippen LogP) is 0.949. The highest BCUT2D eigenvalue weighted by molar-refractivity contribution is 5.77. The summed E-state index contributed by atoms with van der Waals surface area (Å²) >= 11 is 0. The van der Waals surface area contributed by atoms with Crippen molar-refractivity contribution in [2.75, 3.05) is 10.6 Å². The highest BCUT2D eigenvalue weighted by Crippen LogP contribution is 2.25. The van der Waals surface area contributed by atoms with Crippen LogP contribution in [-0.2, 0) is 0 Å². The number of aliphatic hydroxyl groups is 1. The van der Waals surface area contributed by atoms with Crippen LogP contribution in [-0.4, -0.2) is 17.7 Å². The second-order valence-corrected chi connectivity index (χ2v) is 2.95. The van der Waals surface area contributed by atoms with E-state index in [2.05, 4.69) is 4.99 Å². The Hall–Kier alpha value is -1.81. The molecule has 1 atom stereocenters. The molecule has 72 valence electrons. The van der Waals surface area contributed by atoms with E-state index in [1.807, 2.05) is 18.2 Å². The largest absolute Gasteiger partial charge is 0.397 e. The van der Waals surface area contributed by atoms with E-state index in [9.17, 15) is 5.11 Å². The molecule has 1 aliphatic rings. The average molecular weight is 189 g/mol. The Kier molecular flexibility index (Phi) is 2.20. The van der Waals surface area contributed by atoms with Crippen molar-refractivity contribution in [1.82, 2.24) is 0 Å². The van der Waals surface area contributed by atoms with Gasteiger partial charge in [0.25, 0.3) is 0 Å². The van der Waals surface area contributed by atoms with Crippen molar-refractivity contribution in [3.8, 4) is 0 Å². The number of nitrogens with two attached hydrogens (primary N) is 1. The topological polar surface area (TPSA) is 61.8 Å². The van der Waals surface area contributed by atoms with Gasteiger partial charge in [-0.2, -0.15) is 0 Å². The van der Waals surface area contributed by atoms with E-state index in [4.69, 9.17) is 5.73 Å². The minimum absolute atomic E-state index is 0.619. The second-order valence-electron chi connectivity index (χ2n) is 2.95. The molecule has 0 amide bonds. The first-order valence-corrected chi connectivity index (χ1v) is 4.30. The Morgan fingerprint density at radius 3 is 2.86 bits per heavy atom. The lowest BCUT2D eigenvalue weighted by Crippen LogP contribution is -2.31. The first-order valence-electron chi connectivity index (χ1n) is 4.30. The normalized spacial score (nSPS) is 20.1. The van der Waals surface area contributed by atoms with Gasteiger partial charge in [-0.3, -0.25) is 0 Å². The number of aliphatic hydroxyl groups excluding tert-OH is 1. The van der Waals surface area contributed by atoms with Crippen molar-refractivity contribution in [2.45, 2.75) is 6.35 Å². The number of nitrogens with zero attached hydrogens (tertiary/aromatic N) is 2. The van der Waals surface area contributed by atoms with Crippen molar-refractivity contribution in [3.63, 3.8) is 0 Å². The molecule has 0 bridgehead atoms. The number of benzene rings is 1. The van der Waals surface area contributed by atoms with Crippen LogP contribution in [0.3, 0.4) is 0 Å². The first-order chi connectivity index (χ1) is 6.79. The van der Waals surface area contributed by atoms with E-state index in [0.29, 0.717) is 5.69 Å². The lowest BCUT2D eigenvalue weighted by atomic mass is 10.2. The first kappa shape index (κ1) is 8.77. The quantitative estimate of drug-likeness (QED) is 0.646. The number of allylic oxidation sites excluding steroid dienone is 1. The molecular weight excluding hydrogens is 178 g/mol. The Morgan fingerprint density at radius 1 is 1.36 bits per heavy atom.